The van der Waals surface area contributed by atoms with E-state index < -0.39 is 54.9 Å². The average Bonchev–Trinajstić information content (AvgIpc) is 3.36. The molecule has 1 aromatic carbocycles. The van der Waals surface area contributed by atoms with E-state index in [-0.39, 0.29) is 49.5 Å². The predicted molar refractivity (Wildman–Crippen MR) is 96.5 cm³/mol. The lowest BCUT2D eigenvalue weighted by Gasteiger charge is -2.39. The molecule has 1 atom stereocenters. The first kappa shape index (κ1) is 23.4. The number of nitrogens with zero attached hydrogens (tertiary/aromatic N) is 4. The van der Waals surface area contributed by atoms with Crippen LogP contribution in [0, 0.1) is 5.82 Å². The highest BCUT2D eigenvalue weighted by Gasteiger charge is 2.45. The monoisotopic (exact) mass is 482 g/mol. The molecular weight excluding hydrogens is 465 g/mol. The highest BCUT2D eigenvalue weighted by Crippen LogP contribution is 2.32. The molecule has 1 amide bonds. The van der Waals surface area contributed by atoms with Crippen LogP contribution in [0.3, 0.4) is 0 Å². The molecule has 180 valence electrons. The van der Waals surface area contributed by atoms with Crippen molar-refractivity contribution in [2.24, 2.45) is 0 Å². The molecule has 33 heavy (non-hydrogen) atoms. The fourth-order valence-electron chi connectivity index (χ4n) is 3.79. The second kappa shape index (κ2) is 8.89. The molecule has 0 spiro atoms. The second-order valence-electron chi connectivity index (χ2n) is 7.68. The van der Waals surface area contributed by atoms with Gasteiger partial charge in [-0.25, -0.2) is 13.2 Å². The summed E-state index contributed by atoms with van der Waals surface area (Å²) >= 11 is 0. The lowest BCUT2D eigenvalue weighted by molar-refractivity contribution is -0.157. The summed E-state index contributed by atoms with van der Waals surface area (Å²) in [5.41, 5.74) is -0.151. The van der Waals surface area contributed by atoms with Crippen molar-refractivity contribution in [2.75, 3.05) is 32.8 Å². The Morgan fingerprint density at radius 2 is 1.94 bits per heavy atom. The molecule has 1 fully saturated rings. The van der Waals surface area contributed by atoms with E-state index in [4.69, 9.17) is 9.15 Å². The number of carbonyl (C=O) groups is 1. The number of ether oxygens (including phenoxy) is 1. The van der Waals surface area contributed by atoms with Gasteiger partial charge in [0.1, 0.15) is 5.82 Å². The minimum absolute atomic E-state index is 0.0125. The van der Waals surface area contributed by atoms with Crippen LogP contribution in [0.2, 0.25) is 0 Å². The Labute approximate surface area is 182 Å². The quantitative estimate of drug-likeness (QED) is 0.564. The fourth-order valence-corrected chi connectivity index (χ4v) is 3.79. The van der Waals surface area contributed by atoms with Crippen LogP contribution in [-0.2, 0) is 11.3 Å². The summed E-state index contributed by atoms with van der Waals surface area (Å²) in [6.07, 6.45) is -6.87. The van der Waals surface area contributed by atoms with Crippen LogP contribution in [0.1, 0.15) is 28.2 Å². The number of halogens is 7. The molecule has 0 radical (unpaired) electrons. The number of alkyl halides is 6. The van der Waals surface area contributed by atoms with Crippen LogP contribution >= 0.6 is 0 Å². The van der Waals surface area contributed by atoms with Crippen molar-refractivity contribution in [3.63, 3.8) is 0 Å². The van der Waals surface area contributed by atoms with Crippen LogP contribution in [0.5, 0.6) is 0 Å². The van der Waals surface area contributed by atoms with E-state index in [0.717, 1.165) is 11.0 Å². The molecule has 0 bridgehead atoms. The number of fused-ring (bicyclic) bond motifs is 1. The molecule has 0 N–H and O–H groups in total. The standard InChI is InChI=1S/C19H17F7N4O3/c20-13-4-9(15-27-28-16(33-15)14(21)22)3-11-12(13)6-30(17(11)31)5-10-7-32-2-1-29(10)8-19(25,26)18(23)24/h3-4,10,14,18H,1-2,5-8H2/t10-/m0/s1. The van der Waals surface area contributed by atoms with Crippen molar-refractivity contribution < 1.29 is 44.7 Å². The van der Waals surface area contributed by atoms with Gasteiger partial charge < -0.3 is 14.1 Å². The highest BCUT2D eigenvalue weighted by molar-refractivity contribution is 5.99. The Kier molecular flexibility index (Phi) is 6.31. The lowest BCUT2D eigenvalue weighted by Crippen LogP contribution is -2.55. The van der Waals surface area contributed by atoms with E-state index in [1.807, 2.05) is 0 Å². The van der Waals surface area contributed by atoms with Gasteiger partial charge >= 0.3 is 18.8 Å². The fraction of sp³-hybridized carbons (Fsp3) is 0.526. The maximum atomic E-state index is 14.7. The Hall–Kier alpha value is -2.74. The maximum Gasteiger partial charge on any atom is 0.319 e. The maximum absolute atomic E-state index is 14.7. The third-order valence-electron chi connectivity index (χ3n) is 5.45. The summed E-state index contributed by atoms with van der Waals surface area (Å²) in [5, 5.41) is 6.58. The van der Waals surface area contributed by atoms with E-state index in [2.05, 4.69) is 10.2 Å². The number of rotatable bonds is 7. The Morgan fingerprint density at radius 1 is 1.18 bits per heavy atom. The number of hydrogen-bond acceptors (Lipinski definition) is 6. The molecule has 14 heteroatoms. The first-order chi connectivity index (χ1) is 15.6. The highest BCUT2D eigenvalue weighted by atomic mass is 19.3. The smallest absolute Gasteiger partial charge is 0.319 e. The van der Waals surface area contributed by atoms with Gasteiger partial charge in [-0.05, 0) is 12.1 Å². The molecule has 2 aliphatic rings. The number of morpholine rings is 1. The van der Waals surface area contributed by atoms with Crippen molar-refractivity contribution in [2.45, 2.75) is 31.4 Å². The van der Waals surface area contributed by atoms with E-state index >= 15 is 0 Å². The van der Waals surface area contributed by atoms with E-state index in [9.17, 15) is 35.5 Å². The summed E-state index contributed by atoms with van der Waals surface area (Å²) in [6.45, 7) is -1.63. The molecule has 2 aliphatic heterocycles. The predicted octanol–water partition coefficient (Wildman–Crippen LogP) is 3.37. The summed E-state index contributed by atoms with van der Waals surface area (Å²) < 4.78 is 103. The Balaban J connectivity index is 1.52. The van der Waals surface area contributed by atoms with Crippen molar-refractivity contribution in [1.82, 2.24) is 20.0 Å². The van der Waals surface area contributed by atoms with Gasteiger partial charge in [0.25, 0.3) is 11.8 Å². The van der Waals surface area contributed by atoms with Crippen LogP contribution < -0.4 is 0 Å². The zero-order valence-electron chi connectivity index (χ0n) is 16.8. The van der Waals surface area contributed by atoms with Gasteiger partial charge in [0.2, 0.25) is 5.89 Å². The van der Waals surface area contributed by atoms with Crippen molar-refractivity contribution in [1.29, 1.82) is 0 Å². The van der Waals surface area contributed by atoms with Gasteiger partial charge in [-0.1, -0.05) is 0 Å². The Bertz CT molecular complexity index is 1030. The van der Waals surface area contributed by atoms with Crippen LogP contribution in [0.15, 0.2) is 16.5 Å². The van der Waals surface area contributed by atoms with Crippen LogP contribution in [0.25, 0.3) is 11.5 Å². The molecule has 0 unspecified atom stereocenters. The Morgan fingerprint density at radius 3 is 2.61 bits per heavy atom. The molecule has 1 saturated heterocycles. The summed E-state index contributed by atoms with van der Waals surface area (Å²) in [6, 6.07) is 1.36. The summed E-state index contributed by atoms with van der Waals surface area (Å²) in [4.78, 5) is 15.2. The third kappa shape index (κ3) is 4.67. The molecule has 3 heterocycles. The topological polar surface area (TPSA) is 71.7 Å². The third-order valence-corrected chi connectivity index (χ3v) is 5.45. The molecule has 7 nitrogen and oxygen atoms in total. The molecule has 0 saturated carbocycles. The van der Waals surface area contributed by atoms with E-state index in [1.165, 1.54) is 11.0 Å². The minimum Gasteiger partial charge on any atom is -0.415 e. The first-order valence-corrected chi connectivity index (χ1v) is 9.78. The average molecular weight is 482 g/mol. The number of aromatic nitrogens is 2. The number of benzene rings is 1. The lowest BCUT2D eigenvalue weighted by atomic mass is 10.1. The van der Waals surface area contributed by atoms with E-state index in [0.29, 0.717) is 0 Å². The van der Waals surface area contributed by atoms with Gasteiger partial charge in [-0.15, -0.1) is 10.2 Å². The van der Waals surface area contributed by atoms with Gasteiger partial charge in [-0.3, -0.25) is 9.69 Å². The molecule has 2 aromatic rings. The molecule has 0 aliphatic carbocycles. The number of carbonyl (C=O) groups excluding carboxylic acids is 1. The molecular formula is C19H17F7N4O3. The zero-order chi connectivity index (χ0) is 23.9. The SMILES string of the molecule is O=C1c2cc(-c3nnc(C(F)F)o3)cc(F)c2CN1C[C@H]1COCCN1CC(F)(F)C(F)F. The minimum atomic E-state index is -4.24. The number of hydrogen-bond donors (Lipinski definition) is 0. The van der Waals surface area contributed by atoms with E-state index in [1.54, 1.807) is 0 Å². The van der Waals surface area contributed by atoms with Gasteiger partial charge in [0.05, 0.1) is 25.8 Å². The molecule has 4 rings (SSSR count). The van der Waals surface area contributed by atoms with Gasteiger partial charge in [0.15, 0.2) is 0 Å². The normalized spacial score (nSPS) is 19.7. The largest absolute Gasteiger partial charge is 0.415 e. The zero-order valence-corrected chi connectivity index (χ0v) is 16.8. The first-order valence-electron chi connectivity index (χ1n) is 9.78. The summed E-state index contributed by atoms with van der Waals surface area (Å²) in [7, 11) is 0. The second-order valence-corrected chi connectivity index (χ2v) is 7.68. The van der Waals surface area contributed by atoms with Crippen molar-refractivity contribution in [3.05, 3.63) is 35.0 Å². The van der Waals surface area contributed by atoms with Crippen LogP contribution in [0.4, 0.5) is 30.7 Å². The van der Waals surface area contributed by atoms with Gasteiger partial charge in [-0.2, -0.15) is 17.6 Å². The number of amides is 1. The van der Waals surface area contributed by atoms with Crippen LogP contribution in [-0.4, -0.2) is 77.1 Å². The van der Waals surface area contributed by atoms with Crippen molar-refractivity contribution >= 4 is 5.91 Å². The van der Waals surface area contributed by atoms with Gasteiger partial charge in [0, 0.05) is 36.3 Å². The van der Waals surface area contributed by atoms with Crippen molar-refractivity contribution in [3.8, 4) is 11.5 Å². The molecule has 1 aromatic heterocycles. The summed E-state index contributed by atoms with van der Waals surface area (Å²) in [5.74, 6) is -7.08.